The number of carboxylic acids is 1. The molecule has 0 aliphatic rings. The molecule has 1 aromatic carbocycles. The summed E-state index contributed by atoms with van der Waals surface area (Å²) in [5.74, 6) is -0.944. The van der Waals surface area contributed by atoms with Gasteiger partial charge in [-0.2, -0.15) is 0 Å². The molecule has 0 aromatic heterocycles. The molecule has 5 heteroatoms. The van der Waals surface area contributed by atoms with Crippen molar-refractivity contribution in [3.05, 3.63) is 32.9 Å². The quantitative estimate of drug-likeness (QED) is 0.725. The van der Waals surface area contributed by atoms with Gasteiger partial charge in [-0.25, -0.2) is 4.79 Å². The number of halogens is 1. The Kier molecular flexibility index (Phi) is 3.85. The highest BCUT2D eigenvalue weighted by molar-refractivity contribution is 14.1. The summed E-state index contributed by atoms with van der Waals surface area (Å²) in [6.45, 7) is 0.305. The smallest absolute Gasteiger partial charge is 0.336 e. The lowest BCUT2D eigenvalue weighted by Gasteiger charge is -2.10. The van der Waals surface area contributed by atoms with E-state index < -0.39 is 5.97 Å². The Labute approximate surface area is 95.4 Å². The van der Waals surface area contributed by atoms with Gasteiger partial charge in [-0.15, -0.1) is 0 Å². The Bertz CT molecular complexity index is 355. The number of carboxylic acid groups (broad SMARTS) is 1. The number of carbonyl (C=O) groups is 1. The highest BCUT2D eigenvalue weighted by Crippen LogP contribution is 2.17. The highest BCUT2D eigenvalue weighted by Gasteiger charge is 2.11. The first-order valence-corrected chi connectivity index (χ1v) is 5.12. The van der Waals surface area contributed by atoms with Gasteiger partial charge in [-0.1, -0.05) is 6.07 Å². The van der Waals surface area contributed by atoms with Crippen molar-refractivity contribution in [3.63, 3.8) is 0 Å². The van der Waals surface area contributed by atoms with Crippen molar-refractivity contribution >= 4 is 28.6 Å². The molecule has 4 nitrogen and oxygen atoms in total. The molecule has 0 amide bonds. The maximum Gasteiger partial charge on any atom is 0.336 e. The van der Waals surface area contributed by atoms with Crippen LogP contribution < -0.4 is 11.5 Å². The van der Waals surface area contributed by atoms with E-state index in [9.17, 15) is 4.79 Å². The zero-order valence-corrected chi connectivity index (χ0v) is 9.56. The van der Waals surface area contributed by atoms with Crippen LogP contribution in [0.5, 0.6) is 0 Å². The van der Waals surface area contributed by atoms with Crippen LogP contribution in [-0.2, 0) is 0 Å². The van der Waals surface area contributed by atoms with Crippen LogP contribution in [0, 0.1) is 3.57 Å². The van der Waals surface area contributed by atoms with E-state index in [1.54, 1.807) is 18.2 Å². The Morgan fingerprint density at radius 3 is 2.71 bits per heavy atom. The van der Waals surface area contributed by atoms with Crippen LogP contribution in [0.4, 0.5) is 0 Å². The molecule has 0 radical (unpaired) electrons. The number of hydrogen-bond acceptors (Lipinski definition) is 3. The van der Waals surface area contributed by atoms with Crippen molar-refractivity contribution in [3.8, 4) is 0 Å². The topological polar surface area (TPSA) is 89.3 Å². The van der Waals surface area contributed by atoms with Gasteiger partial charge in [0.2, 0.25) is 0 Å². The van der Waals surface area contributed by atoms with Gasteiger partial charge in [0.1, 0.15) is 0 Å². The minimum atomic E-state index is -0.944. The number of nitrogens with two attached hydrogens (primary N) is 2. The molecular weight excluding hydrogens is 295 g/mol. The Morgan fingerprint density at radius 1 is 1.57 bits per heavy atom. The zero-order valence-electron chi connectivity index (χ0n) is 7.40. The largest absolute Gasteiger partial charge is 0.478 e. The van der Waals surface area contributed by atoms with Gasteiger partial charge in [0.15, 0.2) is 0 Å². The lowest BCUT2D eigenvalue weighted by Crippen LogP contribution is -2.21. The van der Waals surface area contributed by atoms with Crippen LogP contribution in [0.25, 0.3) is 0 Å². The van der Waals surface area contributed by atoms with E-state index in [1.165, 1.54) is 0 Å². The number of benzene rings is 1. The van der Waals surface area contributed by atoms with E-state index in [1.807, 2.05) is 22.6 Å². The zero-order chi connectivity index (χ0) is 10.7. The summed E-state index contributed by atoms with van der Waals surface area (Å²) in [6.07, 6.45) is 0. The fourth-order valence-corrected chi connectivity index (χ4v) is 1.64. The van der Waals surface area contributed by atoms with Crippen LogP contribution in [0.2, 0.25) is 0 Å². The molecule has 0 fully saturated rings. The molecule has 0 spiro atoms. The minimum Gasteiger partial charge on any atom is -0.478 e. The SMILES string of the molecule is NCC(N)c1ccc(I)c(C(=O)O)c1. The lowest BCUT2D eigenvalue weighted by atomic mass is 10.0. The van der Waals surface area contributed by atoms with Crippen molar-refractivity contribution < 1.29 is 9.90 Å². The van der Waals surface area contributed by atoms with E-state index in [0.29, 0.717) is 10.1 Å². The van der Waals surface area contributed by atoms with Crippen molar-refractivity contribution in [1.29, 1.82) is 0 Å². The minimum absolute atomic E-state index is 0.270. The van der Waals surface area contributed by atoms with E-state index in [0.717, 1.165) is 5.56 Å². The molecule has 0 saturated carbocycles. The third kappa shape index (κ3) is 2.43. The van der Waals surface area contributed by atoms with E-state index in [4.69, 9.17) is 16.6 Å². The summed E-state index contributed by atoms with van der Waals surface area (Å²) >= 11 is 1.97. The standard InChI is InChI=1S/C9H11IN2O2/c10-7-2-1-5(8(12)4-11)3-6(7)9(13)14/h1-3,8H,4,11-12H2,(H,13,14). The van der Waals surface area contributed by atoms with Crippen LogP contribution in [-0.4, -0.2) is 17.6 Å². The lowest BCUT2D eigenvalue weighted by molar-refractivity contribution is 0.0695. The van der Waals surface area contributed by atoms with E-state index >= 15 is 0 Å². The normalized spacial score (nSPS) is 12.5. The van der Waals surface area contributed by atoms with Crippen LogP contribution >= 0.6 is 22.6 Å². The van der Waals surface area contributed by atoms with Gasteiger partial charge in [0.05, 0.1) is 5.56 Å². The first-order valence-electron chi connectivity index (χ1n) is 4.04. The monoisotopic (exact) mass is 306 g/mol. The Balaban J connectivity index is 3.12. The fraction of sp³-hybridized carbons (Fsp3) is 0.222. The van der Waals surface area contributed by atoms with Crippen molar-refractivity contribution in [2.24, 2.45) is 11.5 Å². The number of rotatable bonds is 3. The van der Waals surface area contributed by atoms with Gasteiger partial charge in [-0.3, -0.25) is 0 Å². The highest BCUT2D eigenvalue weighted by atomic mass is 127. The van der Waals surface area contributed by atoms with Gasteiger partial charge < -0.3 is 16.6 Å². The molecule has 76 valence electrons. The van der Waals surface area contributed by atoms with Crippen molar-refractivity contribution in [1.82, 2.24) is 0 Å². The maximum atomic E-state index is 10.8. The van der Waals surface area contributed by atoms with E-state index in [-0.39, 0.29) is 11.6 Å². The van der Waals surface area contributed by atoms with Gasteiger partial charge >= 0.3 is 5.97 Å². The molecule has 0 saturated heterocycles. The second kappa shape index (κ2) is 4.72. The fourth-order valence-electron chi connectivity index (χ4n) is 1.07. The molecular formula is C9H11IN2O2. The molecule has 1 aromatic rings. The maximum absolute atomic E-state index is 10.8. The molecule has 0 heterocycles. The second-order valence-corrected chi connectivity index (χ2v) is 4.05. The van der Waals surface area contributed by atoms with E-state index in [2.05, 4.69) is 0 Å². The summed E-state index contributed by atoms with van der Waals surface area (Å²) in [4.78, 5) is 10.8. The summed E-state index contributed by atoms with van der Waals surface area (Å²) in [6, 6.07) is 4.80. The summed E-state index contributed by atoms with van der Waals surface area (Å²) in [7, 11) is 0. The summed E-state index contributed by atoms with van der Waals surface area (Å²) in [5, 5.41) is 8.87. The van der Waals surface area contributed by atoms with Crippen molar-refractivity contribution in [2.45, 2.75) is 6.04 Å². The molecule has 0 aliphatic heterocycles. The summed E-state index contributed by atoms with van der Waals surface area (Å²) < 4.78 is 0.697. The Hall–Kier alpha value is -0.660. The number of aromatic carboxylic acids is 1. The predicted octanol–water partition coefficient (Wildman–Crippen LogP) is 0.948. The molecule has 1 unspecified atom stereocenters. The first-order chi connectivity index (χ1) is 6.56. The second-order valence-electron chi connectivity index (χ2n) is 2.89. The van der Waals surface area contributed by atoms with Gasteiger partial charge in [-0.05, 0) is 40.3 Å². The number of hydrogen-bond donors (Lipinski definition) is 3. The molecule has 5 N–H and O–H groups in total. The van der Waals surface area contributed by atoms with Gasteiger partial charge in [0.25, 0.3) is 0 Å². The van der Waals surface area contributed by atoms with Gasteiger partial charge in [0, 0.05) is 16.2 Å². The average molecular weight is 306 g/mol. The first kappa shape index (κ1) is 11.4. The van der Waals surface area contributed by atoms with Crippen LogP contribution in [0.15, 0.2) is 18.2 Å². The summed E-state index contributed by atoms with van der Waals surface area (Å²) in [5.41, 5.74) is 12.1. The third-order valence-corrected chi connectivity index (χ3v) is 2.84. The molecule has 0 aliphatic carbocycles. The molecule has 14 heavy (non-hydrogen) atoms. The predicted molar refractivity (Wildman–Crippen MR) is 62.1 cm³/mol. The van der Waals surface area contributed by atoms with Crippen LogP contribution in [0.3, 0.4) is 0 Å². The molecule has 0 bridgehead atoms. The average Bonchev–Trinajstić information content (AvgIpc) is 2.17. The van der Waals surface area contributed by atoms with Crippen molar-refractivity contribution in [2.75, 3.05) is 6.54 Å². The molecule has 1 atom stereocenters. The Morgan fingerprint density at radius 2 is 2.21 bits per heavy atom. The van der Waals surface area contributed by atoms with Crippen LogP contribution in [0.1, 0.15) is 22.0 Å². The third-order valence-electron chi connectivity index (χ3n) is 1.90. The molecule has 1 rings (SSSR count).